The van der Waals surface area contributed by atoms with Gasteiger partial charge in [0, 0.05) is 30.4 Å². The number of likely N-dealkylation sites (tertiary alicyclic amines) is 1. The second kappa shape index (κ2) is 5.39. The summed E-state index contributed by atoms with van der Waals surface area (Å²) in [6.45, 7) is 1.87. The molecule has 7 heteroatoms. The lowest BCUT2D eigenvalue weighted by Crippen LogP contribution is -2.57. The highest BCUT2D eigenvalue weighted by molar-refractivity contribution is 5.94. The number of carbonyl (C=O) groups excluding carboxylic acids is 1. The molecule has 2 heterocycles. The highest BCUT2D eigenvalue weighted by Crippen LogP contribution is 2.56. The van der Waals surface area contributed by atoms with Crippen LogP contribution in [0, 0.1) is 18.3 Å². The van der Waals surface area contributed by atoms with E-state index in [9.17, 15) is 22.8 Å². The fourth-order valence-electron chi connectivity index (χ4n) is 3.97. The van der Waals surface area contributed by atoms with Crippen LogP contribution in [-0.2, 0) is 0 Å². The molecule has 0 unspecified atom stereocenters. The van der Waals surface area contributed by atoms with Gasteiger partial charge in [0.15, 0.2) is 0 Å². The van der Waals surface area contributed by atoms with Crippen molar-refractivity contribution in [2.75, 3.05) is 13.1 Å². The molecule has 23 heavy (non-hydrogen) atoms. The Morgan fingerprint density at radius 1 is 1.35 bits per heavy atom. The van der Waals surface area contributed by atoms with E-state index in [4.69, 9.17) is 0 Å². The van der Waals surface area contributed by atoms with Crippen molar-refractivity contribution in [2.24, 2.45) is 11.3 Å². The standard InChI is InChI=1S/C16H19F3N2O2/c1-10-7-11(8-13(22)20-10)14(23)21-6-3-12(16(17,18)19)15(9-21)4-2-5-15/h7-8,12H,2-6,9H2,1H3,(H,20,22)/t12-/m1/s1. The predicted molar refractivity (Wildman–Crippen MR) is 78.1 cm³/mol. The molecule has 1 aromatic heterocycles. The molecule has 1 atom stereocenters. The van der Waals surface area contributed by atoms with Crippen molar-refractivity contribution in [1.29, 1.82) is 0 Å². The number of aromatic nitrogens is 1. The summed E-state index contributed by atoms with van der Waals surface area (Å²) in [6.07, 6.45) is -2.48. The van der Waals surface area contributed by atoms with Gasteiger partial charge < -0.3 is 9.88 Å². The minimum Gasteiger partial charge on any atom is -0.338 e. The zero-order chi connectivity index (χ0) is 16.8. The van der Waals surface area contributed by atoms with E-state index in [1.54, 1.807) is 13.0 Å². The summed E-state index contributed by atoms with van der Waals surface area (Å²) in [5, 5.41) is 0. The van der Waals surface area contributed by atoms with Gasteiger partial charge in [0.25, 0.3) is 5.91 Å². The van der Waals surface area contributed by atoms with Crippen molar-refractivity contribution in [3.63, 3.8) is 0 Å². The number of pyridine rings is 1. The van der Waals surface area contributed by atoms with Crippen molar-refractivity contribution >= 4 is 5.91 Å². The van der Waals surface area contributed by atoms with Gasteiger partial charge in [0.05, 0.1) is 5.92 Å². The maximum atomic E-state index is 13.3. The van der Waals surface area contributed by atoms with Crippen LogP contribution in [0.2, 0.25) is 0 Å². The lowest BCUT2D eigenvalue weighted by Gasteiger charge is -2.54. The molecule has 2 fully saturated rings. The SMILES string of the molecule is Cc1cc(C(=O)N2CC[C@@H](C(F)(F)F)C3(CCC3)C2)cc(=O)[nH]1. The van der Waals surface area contributed by atoms with E-state index in [2.05, 4.69) is 4.98 Å². The Morgan fingerprint density at radius 3 is 2.57 bits per heavy atom. The first-order valence-electron chi connectivity index (χ1n) is 7.78. The third kappa shape index (κ3) is 2.88. The smallest absolute Gasteiger partial charge is 0.338 e. The zero-order valence-electron chi connectivity index (χ0n) is 12.9. The second-order valence-corrected chi connectivity index (χ2v) is 6.74. The monoisotopic (exact) mass is 328 g/mol. The maximum absolute atomic E-state index is 13.3. The van der Waals surface area contributed by atoms with Crippen molar-refractivity contribution in [1.82, 2.24) is 9.88 Å². The number of hydrogen-bond donors (Lipinski definition) is 1. The normalized spacial score (nSPS) is 23.7. The summed E-state index contributed by atoms with van der Waals surface area (Å²) in [4.78, 5) is 28.1. The largest absolute Gasteiger partial charge is 0.392 e. The van der Waals surface area contributed by atoms with Crippen LogP contribution in [0.3, 0.4) is 0 Å². The van der Waals surface area contributed by atoms with Crippen molar-refractivity contribution in [3.05, 3.63) is 33.7 Å². The summed E-state index contributed by atoms with van der Waals surface area (Å²) in [5.74, 6) is -1.68. The van der Waals surface area contributed by atoms with Crippen molar-refractivity contribution in [2.45, 2.75) is 38.8 Å². The van der Waals surface area contributed by atoms with Gasteiger partial charge in [0.2, 0.25) is 5.56 Å². The summed E-state index contributed by atoms with van der Waals surface area (Å²) in [7, 11) is 0. The van der Waals surface area contributed by atoms with E-state index >= 15 is 0 Å². The number of amides is 1. The van der Waals surface area contributed by atoms with Crippen molar-refractivity contribution < 1.29 is 18.0 Å². The van der Waals surface area contributed by atoms with Crippen LogP contribution in [-0.4, -0.2) is 35.1 Å². The van der Waals surface area contributed by atoms with Gasteiger partial charge in [-0.1, -0.05) is 6.42 Å². The van der Waals surface area contributed by atoms with Crippen LogP contribution in [0.5, 0.6) is 0 Å². The maximum Gasteiger partial charge on any atom is 0.392 e. The molecule has 1 aliphatic heterocycles. The van der Waals surface area contributed by atoms with Gasteiger partial charge >= 0.3 is 6.18 Å². The number of alkyl halides is 3. The Labute approximate surface area is 131 Å². The fraction of sp³-hybridized carbons (Fsp3) is 0.625. The topological polar surface area (TPSA) is 53.2 Å². The van der Waals surface area contributed by atoms with E-state index in [0.29, 0.717) is 18.5 Å². The lowest BCUT2D eigenvalue weighted by molar-refractivity contribution is -0.235. The third-order valence-corrected chi connectivity index (χ3v) is 5.19. The molecule has 0 radical (unpaired) electrons. The summed E-state index contributed by atoms with van der Waals surface area (Å²) in [5.41, 5.74) is -0.407. The van der Waals surface area contributed by atoms with Crippen LogP contribution in [0.4, 0.5) is 13.2 Å². The number of nitrogens with one attached hydrogen (secondary N) is 1. The van der Waals surface area contributed by atoms with E-state index in [1.165, 1.54) is 11.0 Å². The van der Waals surface area contributed by atoms with E-state index in [1.807, 2.05) is 0 Å². The highest BCUT2D eigenvalue weighted by Gasteiger charge is 2.58. The number of halogens is 3. The number of H-pyrrole nitrogens is 1. The first-order chi connectivity index (χ1) is 10.7. The van der Waals surface area contributed by atoms with Crippen LogP contribution in [0.15, 0.2) is 16.9 Å². The van der Waals surface area contributed by atoms with Crippen LogP contribution in [0.25, 0.3) is 0 Å². The molecule has 4 nitrogen and oxygen atoms in total. The van der Waals surface area contributed by atoms with Gasteiger partial charge in [-0.25, -0.2) is 0 Å². The Balaban J connectivity index is 1.83. The molecule has 3 rings (SSSR count). The van der Waals surface area contributed by atoms with Crippen LogP contribution >= 0.6 is 0 Å². The minimum atomic E-state index is -4.21. The zero-order valence-corrected chi connectivity index (χ0v) is 12.9. The molecule has 1 N–H and O–H groups in total. The summed E-state index contributed by atoms with van der Waals surface area (Å²) >= 11 is 0. The number of piperidine rings is 1. The molecule has 1 spiro atoms. The highest BCUT2D eigenvalue weighted by atomic mass is 19.4. The molecule has 0 aromatic carbocycles. The van der Waals surface area contributed by atoms with E-state index < -0.39 is 17.5 Å². The third-order valence-electron chi connectivity index (χ3n) is 5.19. The number of aryl methyl sites for hydroxylation is 1. The molecule has 2 aliphatic rings. The number of hydrogen-bond acceptors (Lipinski definition) is 2. The average Bonchev–Trinajstić information content (AvgIpc) is 2.42. The first kappa shape index (κ1) is 16.1. The molecule has 1 aromatic rings. The molecule has 1 saturated carbocycles. The predicted octanol–water partition coefficient (Wildman–Crippen LogP) is 2.88. The molecule has 1 amide bonds. The van der Waals surface area contributed by atoms with Gasteiger partial charge in [-0.2, -0.15) is 13.2 Å². The Morgan fingerprint density at radius 2 is 2.04 bits per heavy atom. The average molecular weight is 328 g/mol. The Kier molecular flexibility index (Phi) is 3.77. The van der Waals surface area contributed by atoms with E-state index in [0.717, 1.165) is 6.42 Å². The van der Waals surface area contributed by atoms with Crippen LogP contribution in [0.1, 0.15) is 41.7 Å². The molecule has 1 saturated heterocycles. The molecule has 126 valence electrons. The number of carbonyl (C=O) groups is 1. The molecular formula is C16H19F3N2O2. The number of nitrogens with zero attached hydrogens (tertiary/aromatic N) is 1. The molecule has 1 aliphatic carbocycles. The quantitative estimate of drug-likeness (QED) is 0.862. The minimum absolute atomic E-state index is 0.0581. The van der Waals surface area contributed by atoms with Gasteiger partial charge in [-0.3, -0.25) is 9.59 Å². The van der Waals surface area contributed by atoms with E-state index in [-0.39, 0.29) is 36.5 Å². The van der Waals surface area contributed by atoms with Gasteiger partial charge in [-0.05, 0) is 37.7 Å². The Hall–Kier alpha value is -1.79. The first-order valence-corrected chi connectivity index (χ1v) is 7.78. The number of rotatable bonds is 1. The summed E-state index contributed by atoms with van der Waals surface area (Å²) in [6, 6.07) is 2.77. The fourth-order valence-corrected chi connectivity index (χ4v) is 3.97. The Bertz CT molecular complexity index is 677. The molecular weight excluding hydrogens is 309 g/mol. The number of aromatic amines is 1. The van der Waals surface area contributed by atoms with Gasteiger partial charge in [-0.15, -0.1) is 0 Å². The summed E-state index contributed by atoms with van der Waals surface area (Å²) < 4.78 is 39.8. The van der Waals surface area contributed by atoms with Crippen molar-refractivity contribution in [3.8, 4) is 0 Å². The van der Waals surface area contributed by atoms with Gasteiger partial charge in [0.1, 0.15) is 0 Å². The lowest BCUT2D eigenvalue weighted by atomic mass is 9.58. The van der Waals surface area contributed by atoms with Crippen LogP contribution < -0.4 is 5.56 Å². The molecule has 0 bridgehead atoms. The second-order valence-electron chi connectivity index (χ2n) is 6.74.